The van der Waals surface area contributed by atoms with Crippen molar-refractivity contribution in [2.75, 3.05) is 11.4 Å². The Morgan fingerprint density at radius 3 is 2.31 bits per heavy atom. The largest absolute Gasteiger partial charge is 0.349 e. The van der Waals surface area contributed by atoms with E-state index in [1.54, 1.807) is 29.4 Å². The Kier molecular flexibility index (Phi) is 8.02. The molecule has 1 aliphatic rings. The topological polar surface area (TPSA) is 82.6 Å². The molecule has 0 aliphatic carbocycles. The molecule has 0 saturated carbocycles. The first-order valence-electron chi connectivity index (χ1n) is 12.4. The SMILES string of the molecule is C=CC(=O)N1CCC[C@H]1C(=O)N(c1ccc(C(C)(C)C)cc1)C(C(=O)NC(C)(C)C)c1cccnc1. The number of aromatic nitrogens is 1. The van der Waals surface area contributed by atoms with Crippen LogP contribution in [0.5, 0.6) is 0 Å². The van der Waals surface area contributed by atoms with Gasteiger partial charge in [0.05, 0.1) is 0 Å². The summed E-state index contributed by atoms with van der Waals surface area (Å²) in [7, 11) is 0. The minimum absolute atomic E-state index is 0.0711. The Bertz CT molecular complexity index is 1100. The van der Waals surface area contributed by atoms with Crippen molar-refractivity contribution < 1.29 is 14.4 Å². The van der Waals surface area contributed by atoms with Crippen molar-refractivity contribution in [1.29, 1.82) is 0 Å². The molecule has 2 aromatic rings. The molecule has 1 aromatic carbocycles. The number of nitrogens with zero attached hydrogens (tertiary/aromatic N) is 3. The first-order valence-corrected chi connectivity index (χ1v) is 12.4. The lowest BCUT2D eigenvalue weighted by molar-refractivity contribution is -0.135. The maximum atomic E-state index is 14.2. The number of benzene rings is 1. The third kappa shape index (κ3) is 6.20. The molecule has 2 heterocycles. The second-order valence-electron chi connectivity index (χ2n) is 11.3. The van der Waals surface area contributed by atoms with Crippen LogP contribution in [0, 0.1) is 0 Å². The van der Waals surface area contributed by atoms with Crippen molar-refractivity contribution in [2.24, 2.45) is 0 Å². The lowest BCUT2D eigenvalue weighted by Gasteiger charge is -2.36. The van der Waals surface area contributed by atoms with Crippen LogP contribution in [0.15, 0.2) is 61.4 Å². The van der Waals surface area contributed by atoms with Crippen molar-refractivity contribution in [2.45, 2.75) is 77.4 Å². The predicted octanol–water partition coefficient (Wildman–Crippen LogP) is 4.55. The highest BCUT2D eigenvalue weighted by molar-refractivity contribution is 6.05. The van der Waals surface area contributed by atoms with E-state index in [1.165, 1.54) is 11.0 Å². The van der Waals surface area contributed by atoms with Gasteiger partial charge in [-0.25, -0.2) is 0 Å². The van der Waals surface area contributed by atoms with Crippen LogP contribution in [0.2, 0.25) is 0 Å². The van der Waals surface area contributed by atoms with Gasteiger partial charge in [0.25, 0.3) is 5.91 Å². The van der Waals surface area contributed by atoms with Gasteiger partial charge in [0.1, 0.15) is 12.1 Å². The number of pyridine rings is 1. The molecule has 1 aliphatic heterocycles. The maximum Gasteiger partial charge on any atom is 0.250 e. The molecule has 1 fully saturated rings. The van der Waals surface area contributed by atoms with Crippen molar-refractivity contribution >= 4 is 23.4 Å². The minimum atomic E-state index is -0.966. The van der Waals surface area contributed by atoms with Crippen LogP contribution in [0.3, 0.4) is 0 Å². The quantitative estimate of drug-likeness (QED) is 0.603. The fourth-order valence-corrected chi connectivity index (χ4v) is 4.48. The molecule has 0 radical (unpaired) electrons. The summed E-state index contributed by atoms with van der Waals surface area (Å²) in [6.07, 6.45) is 5.71. The van der Waals surface area contributed by atoms with Gasteiger partial charge in [-0.15, -0.1) is 0 Å². The summed E-state index contributed by atoms with van der Waals surface area (Å²) in [4.78, 5) is 47.9. The van der Waals surface area contributed by atoms with E-state index in [0.29, 0.717) is 30.6 Å². The number of nitrogens with one attached hydrogen (secondary N) is 1. The average molecular weight is 491 g/mol. The zero-order valence-corrected chi connectivity index (χ0v) is 22.2. The number of anilines is 1. The lowest BCUT2D eigenvalue weighted by atomic mass is 9.87. The van der Waals surface area contributed by atoms with E-state index >= 15 is 0 Å². The number of rotatable bonds is 6. The molecule has 36 heavy (non-hydrogen) atoms. The summed E-state index contributed by atoms with van der Waals surface area (Å²) in [5, 5.41) is 3.04. The van der Waals surface area contributed by atoms with Gasteiger partial charge in [-0.3, -0.25) is 24.3 Å². The Morgan fingerprint density at radius 2 is 1.78 bits per heavy atom. The fourth-order valence-electron chi connectivity index (χ4n) is 4.48. The van der Waals surface area contributed by atoms with Crippen molar-refractivity contribution in [3.8, 4) is 0 Å². The number of carbonyl (C=O) groups excluding carboxylic acids is 3. The smallest absolute Gasteiger partial charge is 0.250 e. The number of hydrogen-bond donors (Lipinski definition) is 1. The highest BCUT2D eigenvalue weighted by atomic mass is 16.2. The fraction of sp³-hybridized carbons (Fsp3) is 0.448. The molecule has 7 heteroatoms. The van der Waals surface area contributed by atoms with E-state index in [4.69, 9.17) is 0 Å². The third-order valence-electron chi connectivity index (χ3n) is 6.25. The number of hydrogen-bond acceptors (Lipinski definition) is 4. The van der Waals surface area contributed by atoms with Crippen LogP contribution in [0.4, 0.5) is 5.69 Å². The zero-order chi connectivity index (χ0) is 26.7. The molecule has 3 amide bonds. The Balaban J connectivity index is 2.16. The van der Waals surface area contributed by atoms with Gasteiger partial charge in [-0.2, -0.15) is 0 Å². The van der Waals surface area contributed by atoms with E-state index in [2.05, 4.69) is 37.7 Å². The van der Waals surface area contributed by atoms with Crippen molar-refractivity contribution in [1.82, 2.24) is 15.2 Å². The summed E-state index contributed by atoms with van der Waals surface area (Å²) in [5.74, 6) is -0.904. The van der Waals surface area contributed by atoms with Gasteiger partial charge in [0, 0.05) is 35.7 Å². The highest BCUT2D eigenvalue weighted by Gasteiger charge is 2.42. The first kappa shape index (κ1) is 27.1. The molecule has 1 aromatic heterocycles. The second-order valence-corrected chi connectivity index (χ2v) is 11.3. The molecule has 0 spiro atoms. The standard InChI is InChI=1S/C29H38N4O3/c1-8-24(34)32-18-10-12-23(32)27(36)33(22-15-13-21(14-16-22)28(2,3)4)25(20-11-9-17-30-19-20)26(35)31-29(5,6)7/h8-9,11,13-17,19,23,25H,1,10,12,18H2,2-7H3,(H,31,35)/t23-,25?/m0/s1. The Labute approximate surface area is 214 Å². The molecular formula is C29H38N4O3. The van der Waals surface area contributed by atoms with Crippen LogP contribution in [0.25, 0.3) is 0 Å². The van der Waals surface area contributed by atoms with Crippen molar-refractivity contribution in [3.63, 3.8) is 0 Å². The predicted molar refractivity (Wildman–Crippen MR) is 142 cm³/mol. The van der Waals surface area contributed by atoms with Gasteiger partial charge in [-0.05, 0) is 68.9 Å². The summed E-state index contributed by atoms with van der Waals surface area (Å²) >= 11 is 0. The van der Waals surface area contributed by atoms with Crippen LogP contribution in [-0.2, 0) is 19.8 Å². The summed E-state index contributed by atoms with van der Waals surface area (Å²) < 4.78 is 0. The molecule has 1 saturated heterocycles. The summed E-state index contributed by atoms with van der Waals surface area (Å²) in [5.41, 5.74) is 1.70. The number of likely N-dealkylation sites (tertiary alicyclic amines) is 1. The molecule has 2 atom stereocenters. The molecule has 192 valence electrons. The first-order chi connectivity index (χ1) is 16.8. The molecule has 3 rings (SSSR count). The molecule has 0 bridgehead atoms. The maximum absolute atomic E-state index is 14.2. The van der Waals surface area contributed by atoms with E-state index in [-0.39, 0.29) is 23.1 Å². The monoisotopic (exact) mass is 490 g/mol. The van der Waals surface area contributed by atoms with E-state index < -0.39 is 17.6 Å². The zero-order valence-electron chi connectivity index (χ0n) is 22.2. The number of carbonyl (C=O) groups is 3. The van der Waals surface area contributed by atoms with Crippen LogP contribution >= 0.6 is 0 Å². The normalized spacial score (nSPS) is 16.8. The Morgan fingerprint density at radius 1 is 1.11 bits per heavy atom. The van der Waals surface area contributed by atoms with Gasteiger partial charge in [0.15, 0.2) is 0 Å². The van der Waals surface area contributed by atoms with Gasteiger partial charge >= 0.3 is 0 Å². The third-order valence-corrected chi connectivity index (χ3v) is 6.25. The summed E-state index contributed by atoms with van der Waals surface area (Å²) in [6, 6.07) is 9.62. The van der Waals surface area contributed by atoms with E-state index in [1.807, 2.05) is 45.0 Å². The van der Waals surface area contributed by atoms with Gasteiger partial charge < -0.3 is 10.2 Å². The molecule has 1 unspecified atom stereocenters. The molecular weight excluding hydrogens is 452 g/mol. The van der Waals surface area contributed by atoms with Crippen molar-refractivity contribution in [3.05, 3.63) is 72.6 Å². The lowest BCUT2D eigenvalue weighted by Crippen LogP contribution is -2.54. The summed E-state index contributed by atoms with van der Waals surface area (Å²) in [6.45, 7) is 16.1. The van der Waals surface area contributed by atoms with Crippen LogP contribution in [0.1, 0.15) is 71.6 Å². The van der Waals surface area contributed by atoms with E-state index in [0.717, 1.165) is 5.56 Å². The Hall–Kier alpha value is -3.48. The van der Waals surface area contributed by atoms with Crippen LogP contribution in [-0.4, -0.2) is 45.7 Å². The average Bonchev–Trinajstić information content (AvgIpc) is 3.30. The van der Waals surface area contributed by atoms with Gasteiger partial charge in [0.2, 0.25) is 11.8 Å². The highest BCUT2D eigenvalue weighted by Crippen LogP contribution is 2.33. The second kappa shape index (κ2) is 10.6. The van der Waals surface area contributed by atoms with Gasteiger partial charge in [-0.1, -0.05) is 45.5 Å². The minimum Gasteiger partial charge on any atom is -0.349 e. The molecule has 7 nitrogen and oxygen atoms in total. The van der Waals surface area contributed by atoms with E-state index in [9.17, 15) is 14.4 Å². The molecule has 1 N–H and O–H groups in total. The van der Waals surface area contributed by atoms with Crippen LogP contribution < -0.4 is 10.2 Å². The number of amides is 3.